The first-order chi connectivity index (χ1) is 8.08. The number of nitrogens with one attached hydrogen (secondary N) is 1. The fourth-order valence-electron chi connectivity index (χ4n) is 1.34. The molecule has 0 radical (unpaired) electrons. The van der Waals surface area contributed by atoms with Crippen molar-refractivity contribution in [2.75, 3.05) is 18.6 Å². The minimum Gasteiger partial charge on any atom is -0.507 e. The van der Waals surface area contributed by atoms with Crippen LogP contribution in [-0.2, 0) is 10.0 Å². The van der Waals surface area contributed by atoms with Crippen LogP contribution in [0.1, 0.15) is 12.8 Å². The van der Waals surface area contributed by atoms with E-state index in [0.717, 1.165) is 18.6 Å². The molecule has 0 aromatic heterocycles. The molecule has 0 aliphatic carbocycles. The Labute approximate surface area is 106 Å². The molecule has 6 heteroatoms. The molecule has 1 rings (SSSR count). The lowest BCUT2D eigenvalue weighted by Gasteiger charge is -2.07. The van der Waals surface area contributed by atoms with E-state index in [0.29, 0.717) is 6.54 Å². The Balaban J connectivity index is 2.55. The third-order valence-electron chi connectivity index (χ3n) is 2.22. The fraction of sp³-hybridized carbons (Fsp3) is 0.455. The van der Waals surface area contributed by atoms with Gasteiger partial charge in [-0.3, -0.25) is 0 Å². The van der Waals surface area contributed by atoms with Gasteiger partial charge in [-0.2, -0.15) is 11.8 Å². The molecule has 0 spiro atoms. The van der Waals surface area contributed by atoms with Gasteiger partial charge in [-0.25, -0.2) is 13.1 Å². The highest BCUT2D eigenvalue weighted by molar-refractivity contribution is 7.98. The zero-order chi connectivity index (χ0) is 12.7. The van der Waals surface area contributed by atoms with Crippen LogP contribution in [0.2, 0.25) is 0 Å². The van der Waals surface area contributed by atoms with Crippen LogP contribution in [-0.4, -0.2) is 32.1 Å². The van der Waals surface area contributed by atoms with E-state index in [2.05, 4.69) is 4.72 Å². The average Bonchev–Trinajstić information content (AvgIpc) is 2.29. The predicted molar refractivity (Wildman–Crippen MR) is 70.9 cm³/mol. The highest BCUT2D eigenvalue weighted by Gasteiger charge is 2.16. The van der Waals surface area contributed by atoms with Crippen LogP contribution >= 0.6 is 11.8 Å². The molecule has 0 aliphatic heterocycles. The summed E-state index contributed by atoms with van der Waals surface area (Å²) in [5.74, 6) is 0.808. The molecule has 0 saturated carbocycles. The fourth-order valence-corrected chi connectivity index (χ4v) is 3.00. The molecular weight excluding hydrogens is 258 g/mol. The van der Waals surface area contributed by atoms with Gasteiger partial charge < -0.3 is 5.11 Å². The van der Waals surface area contributed by atoms with Crippen molar-refractivity contribution in [1.82, 2.24) is 4.72 Å². The highest BCUT2D eigenvalue weighted by atomic mass is 32.2. The Morgan fingerprint density at radius 2 is 2.00 bits per heavy atom. The summed E-state index contributed by atoms with van der Waals surface area (Å²) in [7, 11) is -3.58. The second-order valence-electron chi connectivity index (χ2n) is 3.57. The highest BCUT2D eigenvalue weighted by Crippen LogP contribution is 2.20. The first-order valence-corrected chi connectivity index (χ1v) is 8.22. The summed E-state index contributed by atoms with van der Waals surface area (Å²) in [5.41, 5.74) is 0. The molecule has 96 valence electrons. The summed E-state index contributed by atoms with van der Waals surface area (Å²) in [4.78, 5) is -0.0649. The van der Waals surface area contributed by atoms with Gasteiger partial charge in [0.25, 0.3) is 0 Å². The molecule has 0 aliphatic rings. The molecule has 0 amide bonds. The standard InChI is InChI=1S/C11H17NO3S2/c1-16-9-5-4-8-12-17(14,15)11-7-3-2-6-10(11)13/h2-3,6-7,12-13H,4-5,8-9H2,1H3. The number of thioether (sulfide) groups is 1. The molecule has 0 fully saturated rings. The van der Waals surface area contributed by atoms with Crippen molar-refractivity contribution in [2.24, 2.45) is 0 Å². The average molecular weight is 275 g/mol. The number of sulfonamides is 1. The SMILES string of the molecule is CSCCCCNS(=O)(=O)c1ccccc1O. The summed E-state index contributed by atoms with van der Waals surface area (Å²) in [6.45, 7) is 0.400. The van der Waals surface area contributed by atoms with Gasteiger partial charge in [0.05, 0.1) is 0 Å². The van der Waals surface area contributed by atoms with Crippen LogP contribution in [0.4, 0.5) is 0 Å². The van der Waals surface area contributed by atoms with Crippen molar-refractivity contribution in [3.05, 3.63) is 24.3 Å². The van der Waals surface area contributed by atoms with E-state index in [1.165, 1.54) is 12.1 Å². The normalized spacial score (nSPS) is 11.6. The van der Waals surface area contributed by atoms with Crippen LogP contribution in [0.25, 0.3) is 0 Å². The van der Waals surface area contributed by atoms with Gasteiger partial charge in [0.2, 0.25) is 10.0 Å². The van der Waals surface area contributed by atoms with Crippen molar-refractivity contribution in [3.63, 3.8) is 0 Å². The van der Waals surface area contributed by atoms with Gasteiger partial charge in [0, 0.05) is 6.54 Å². The third kappa shape index (κ3) is 4.57. The Bertz CT molecular complexity index is 446. The molecule has 0 atom stereocenters. The van der Waals surface area contributed by atoms with Gasteiger partial charge in [-0.15, -0.1) is 0 Å². The van der Waals surface area contributed by atoms with E-state index in [9.17, 15) is 13.5 Å². The maximum atomic E-state index is 11.8. The monoisotopic (exact) mass is 275 g/mol. The molecule has 0 bridgehead atoms. The number of hydrogen-bond donors (Lipinski definition) is 2. The lowest BCUT2D eigenvalue weighted by Crippen LogP contribution is -2.24. The number of phenols is 1. The minimum absolute atomic E-state index is 0.0649. The Kier molecular flexibility index (Phi) is 5.80. The molecule has 1 aromatic rings. The zero-order valence-electron chi connectivity index (χ0n) is 9.72. The molecule has 1 aromatic carbocycles. The number of phenolic OH excluding ortho intramolecular Hbond substituents is 1. The number of unbranched alkanes of at least 4 members (excludes halogenated alkanes) is 1. The Morgan fingerprint density at radius 3 is 2.65 bits per heavy atom. The lowest BCUT2D eigenvalue weighted by molar-refractivity contribution is 0.458. The van der Waals surface area contributed by atoms with Crippen LogP contribution < -0.4 is 4.72 Å². The van der Waals surface area contributed by atoms with Gasteiger partial charge in [-0.1, -0.05) is 12.1 Å². The first kappa shape index (κ1) is 14.3. The second-order valence-corrected chi connectivity index (χ2v) is 6.29. The number of para-hydroxylation sites is 1. The topological polar surface area (TPSA) is 66.4 Å². The number of rotatable bonds is 7. The molecule has 0 unspecified atom stereocenters. The maximum absolute atomic E-state index is 11.8. The molecular formula is C11H17NO3S2. The second kappa shape index (κ2) is 6.88. The Hall–Kier alpha value is -0.720. The molecule has 4 nitrogen and oxygen atoms in total. The van der Waals surface area contributed by atoms with E-state index in [-0.39, 0.29) is 10.6 Å². The van der Waals surface area contributed by atoms with Crippen molar-refractivity contribution >= 4 is 21.8 Å². The van der Waals surface area contributed by atoms with Gasteiger partial charge in [0.1, 0.15) is 10.6 Å². The smallest absolute Gasteiger partial charge is 0.244 e. The number of aromatic hydroxyl groups is 1. The van der Waals surface area contributed by atoms with E-state index < -0.39 is 10.0 Å². The summed E-state index contributed by atoms with van der Waals surface area (Å²) in [6.07, 6.45) is 3.80. The molecule has 0 heterocycles. The van der Waals surface area contributed by atoms with Crippen LogP contribution in [0, 0.1) is 0 Å². The first-order valence-electron chi connectivity index (χ1n) is 5.34. The van der Waals surface area contributed by atoms with Crippen molar-refractivity contribution in [3.8, 4) is 5.75 Å². The zero-order valence-corrected chi connectivity index (χ0v) is 11.4. The van der Waals surface area contributed by atoms with E-state index in [4.69, 9.17) is 0 Å². The van der Waals surface area contributed by atoms with E-state index >= 15 is 0 Å². The van der Waals surface area contributed by atoms with Gasteiger partial charge in [0.15, 0.2) is 0 Å². The van der Waals surface area contributed by atoms with Crippen LogP contribution in [0.5, 0.6) is 5.75 Å². The van der Waals surface area contributed by atoms with E-state index in [1.54, 1.807) is 23.9 Å². The Morgan fingerprint density at radius 1 is 1.29 bits per heavy atom. The molecule has 0 saturated heterocycles. The van der Waals surface area contributed by atoms with Crippen molar-refractivity contribution in [1.29, 1.82) is 0 Å². The minimum atomic E-state index is -3.58. The summed E-state index contributed by atoms with van der Waals surface area (Å²) in [5, 5.41) is 9.46. The summed E-state index contributed by atoms with van der Waals surface area (Å²) < 4.78 is 26.1. The summed E-state index contributed by atoms with van der Waals surface area (Å²) >= 11 is 1.74. The quantitative estimate of drug-likeness (QED) is 0.745. The third-order valence-corrected chi connectivity index (χ3v) is 4.43. The van der Waals surface area contributed by atoms with Crippen molar-refractivity contribution in [2.45, 2.75) is 17.7 Å². The van der Waals surface area contributed by atoms with Crippen LogP contribution in [0.15, 0.2) is 29.2 Å². The van der Waals surface area contributed by atoms with Gasteiger partial charge >= 0.3 is 0 Å². The maximum Gasteiger partial charge on any atom is 0.244 e. The van der Waals surface area contributed by atoms with Crippen LogP contribution in [0.3, 0.4) is 0 Å². The van der Waals surface area contributed by atoms with E-state index in [1.807, 2.05) is 6.26 Å². The lowest BCUT2D eigenvalue weighted by atomic mass is 10.3. The predicted octanol–water partition coefficient (Wildman–Crippen LogP) is 1.81. The molecule has 17 heavy (non-hydrogen) atoms. The number of benzene rings is 1. The largest absolute Gasteiger partial charge is 0.507 e. The summed E-state index contributed by atoms with van der Waals surface area (Å²) in [6, 6.07) is 5.93. The molecule has 2 N–H and O–H groups in total. The van der Waals surface area contributed by atoms with Gasteiger partial charge in [-0.05, 0) is 37.0 Å². The van der Waals surface area contributed by atoms with Crippen molar-refractivity contribution < 1.29 is 13.5 Å². The number of hydrogen-bond acceptors (Lipinski definition) is 4.